The van der Waals surface area contributed by atoms with Gasteiger partial charge in [-0.2, -0.15) is 0 Å². The molecule has 0 spiro atoms. The molecular weight excluding hydrogens is 303 g/mol. The lowest BCUT2D eigenvalue weighted by Gasteiger charge is -2.08. The minimum absolute atomic E-state index is 0.233. The van der Waals surface area contributed by atoms with Crippen molar-refractivity contribution in [1.82, 2.24) is 0 Å². The van der Waals surface area contributed by atoms with E-state index in [0.29, 0.717) is 10.0 Å². The number of hydrogen-bond donors (Lipinski definition) is 0. The summed E-state index contributed by atoms with van der Waals surface area (Å²) in [5, 5.41) is 1.09. The van der Waals surface area contributed by atoms with E-state index in [-0.39, 0.29) is 9.79 Å². The van der Waals surface area contributed by atoms with Crippen LogP contribution in [0.2, 0.25) is 10.0 Å². The summed E-state index contributed by atoms with van der Waals surface area (Å²) in [5.74, 6) is 0. The average molecular weight is 315 g/mol. The highest BCUT2D eigenvalue weighted by atomic mass is 35.5. The summed E-state index contributed by atoms with van der Waals surface area (Å²) < 4.78 is 24.9. The van der Waals surface area contributed by atoms with Gasteiger partial charge < -0.3 is 0 Å². The average Bonchev–Trinajstić information content (AvgIpc) is 2.35. The van der Waals surface area contributed by atoms with E-state index in [1.807, 2.05) is 0 Å². The molecule has 5 heteroatoms. The normalized spacial score (nSPS) is 11.6. The van der Waals surface area contributed by atoms with Crippen LogP contribution < -0.4 is 0 Å². The van der Waals surface area contributed by atoms with Crippen LogP contribution in [0.4, 0.5) is 0 Å². The van der Waals surface area contributed by atoms with E-state index < -0.39 is 9.84 Å². The minimum atomic E-state index is -3.53. The second-order valence-electron chi connectivity index (χ2n) is 4.33. The number of sulfone groups is 1. The van der Waals surface area contributed by atoms with Crippen LogP contribution in [0, 0.1) is 13.8 Å². The van der Waals surface area contributed by atoms with Crippen molar-refractivity contribution in [1.29, 1.82) is 0 Å². The minimum Gasteiger partial charge on any atom is -0.219 e. The number of halogens is 2. The second kappa shape index (κ2) is 5.16. The molecule has 0 N–H and O–H groups in total. The van der Waals surface area contributed by atoms with E-state index >= 15 is 0 Å². The summed E-state index contributed by atoms with van der Waals surface area (Å²) in [4.78, 5) is 0.465. The first-order chi connectivity index (χ1) is 8.82. The third kappa shape index (κ3) is 2.78. The summed E-state index contributed by atoms with van der Waals surface area (Å²) in [7, 11) is -3.53. The topological polar surface area (TPSA) is 34.1 Å². The zero-order valence-electron chi connectivity index (χ0n) is 10.4. The summed E-state index contributed by atoms with van der Waals surface area (Å²) in [6.45, 7) is 3.54. The lowest BCUT2D eigenvalue weighted by Crippen LogP contribution is -2.02. The maximum Gasteiger partial charge on any atom is 0.206 e. The lowest BCUT2D eigenvalue weighted by molar-refractivity contribution is 0.596. The molecule has 0 fully saturated rings. The van der Waals surface area contributed by atoms with Crippen LogP contribution in [0.15, 0.2) is 46.2 Å². The van der Waals surface area contributed by atoms with Crippen molar-refractivity contribution in [3.8, 4) is 0 Å². The summed E-state index contributed by atoms with van der Waals surface area (Å²) in [5.41, 5.74) is 1.46. The molecule has 2 rings (SSSR count). The van der Waals surface area contributed by atoms with E-state index in [4.69, 9.17) is 23.2 Å². The molecule has 0 aliphatic rings. The zero-order valence-corrected chi connectivity index (χ0v) is 12.8. The highest BCUT2D eigenvalue weighted by molar-refractivity contribution is 7.91. The van der Waals surface area contributed by atoms with E-state index in [2.05, 4.69) is 0 Å². The van der Waals surface area contributed by atoms with Crippen LogP contribution in [0.1, 0.15) is 11.1 Å². The molecule has 2 nitrogen and oxygen atoms in total. The largest absolute Gasteiger partial charge is 0.219 e. The van der Waals surface area contributed by atoms with Crippen LogP contribution in [-0.4, -0.2) is 8.42 Å². The molecule has 0 bridgehead atoms. The number of aryl methyl sites for hydroxylation is 2. The van der Waals surface area contributed by atoms with Crippen molar-refractivity contribution in [2.75, 3.05) is 0 Å². The molecule has 0 radical (unpaired) electrons. The lowest BCUT2D eigenvalue weighted by atomic mass is 10.2. The van der Waals surface area contributed by atoms with Crippen molar-refractivity contribution in [3.63, 3.8) is 0 Å². The standard InChI is InChI=1S/C14H12Cl2O2S/c1-9-7-11(3-5-13(9)15)19(17,18)12-4-6-14(16)10(2)8-12/h3-8H,1-2H3. The first-order valence-electron chi connectivity index (χ1n) is 5.60. The predicted molar refractivity (Wildman–Crippen MR) is 77.8 cm³/mol. The van der Waals surface area contributed by atoms with Gasteiger partial charge in [-0.3, -0.25) is 0 Å². The number of hydrogen-bond acceptors (Lipinski definition) is 2. The monoisotopic (exact) mass is 314 g/mol. The molecule has 0 saturated heterocycles. The van der Waals surface area contributed by atoms with Crippen LogP contribution >= 0.6 is 23.2 Å². The van der Waals surface area contributed by atoms with Gasteiger partial charge in [-0.1, -0.05) is 23.2 Å². The van der Waals surface area contributed by atoms with E-state index in [1.54, 1.807) is 38.1 Å². The molecule has 0 amide bonds. The van der Waals surface area contributed by atoms with Crippen LogP contribution in [-0.2, 0) is 9.84 Å². The molecule has 0 aliphatic heterocycles. The Balaban J connectivity index is 2.58. The first-order valence-corrected chi connectivity index (χ1v) is 7.83. The van der Waals surface area contributed by atoms with Crippen molar-refractivity contribution < 1.29 is 8.42 Å². The summed E-state index contributed by atoms with van der Waals surface area (Å²) in [6, 6.07) is 9.34. The highest BCUT2D eigenvalue weighted by Crippen LogP contribution is 2.27. The molecule has 0 saturated carbocycles. The quantitative estimate of drug-likeness (QED) is 0.821. The van der Waals surface area contributed by atoms with Gasteiger partial charge in [0.25, 0.3) is 0 Å². The second-order valence-corrected chi connectivity index (χ2v) is 7.09. The molecule has 19 heavy (non-hydrogen) atoms. The Hall–Kier alpha value is -1.03. The van der Waals surface area contributed by atoms with Crippen LogP contribution in [0.3, 0.4) is 0 Å². The van der Waals surface area contributed by atoms with E-state index in [9.17, 15) is 8.42 Å². The Kier molecular flexibility index (Phi) is 3.90. The van der Waals surface area contributed by atoms with Gasteiger partial charge in [0, 0.05) is 10.0 Å². The van der Waals surface area contributed by atoms with Gasteiger partial charge in [0.05, 0.1) is 9.79 Å². The molecule has 2 aromatic carbocycles. The fraction of sp³-hybridized carbons (Fsp3) is 0.143. The smallest absolute Gasteiger partial charge is 0.206 e. The Morgan fingerprint density at radius 2 is 1.16 bits per heavy atom. The Morgan fingerprint density at radius 3 is 1.47 bits per heavy atom. The molecule has 100 valence electrons. The fourth-order valence-corrected chi connectivity index (χ4v) is 3.37. The molecule has 0 heterocycles. The Bertz CT molecular complexity index is 680. The van der Waals surface area contributed by atoms with Gasteiger partial charge in [-0.05, 0) is 61.4 Å². The molecule has 0 unspecified atom stereocenters. The predicted octanol–water partition coefficient (Wildman–Crippen LogP) is 4.44. The Morgan fingerprint density at radius 1 is 0.789 bits per heavy atom. The third-order valence-electron chi connectivity index (χ3n) is 2.88. The van der Waals surface area contributed by atoms with Crippen molar-refractivity contribution in [3.05, 3.63) is 57.6 Å². The van der Waals surface area contributed by atoms with Gasteiger partial charge in [0.15, 0.2) is 0 Å². The molecule has 0 aromatic heterocycles. The van der Waals surface area contributed by atoms with Gasteiger partial charge >= 0.3 is 0 Å². The van der Waals surface area contributed by atoms with E-state index in [1.165, 1.54) is 12.1 Å². The molecule has 2 aromatic rings. The molecule has 0 atom stereocenters. The first kappa shape index (κ1) is 14.4. The van der Waals surface area contributed by atoms with Gasteiger partial charge in [-0.15, -0.1) is 0 Å². The summed E-state index contributed by atoms with van der Waals surface area (Å²) >= 11 is 11.8. The van der Waals surface area contributed by atoms with Crippen molar-refractivity contribution in [2.24, 2.45) is 0 Å². The Labute approximate surface area is 122 Å². The fourth-order valence-electron chi connectivity index (χ4n) is 1.70. The van der Waals surface area contributed by atoms with E-state index in [0.717, 1.165) is 11.1 Å². The van der Waals surface area contributed by atoms with Crippen LogP contribution in [0.25, 0.3) is 0 Å². The highest BCUT2D eigenvalue weighted by Gasteiger charge is 2.18. The van der Waals surface area contributed by atoms with Gasteiger partial charge in [0.1, 0.15) is 0 Å². The van der Waals surface area contributed by atoms with Crippen molar-refractivity contribution >= 4 is 33.0 Å². The van der Waals surface area contributed by atoms with Gasteiger partial charge in [0.2, 0.25) is 9.84 Å². The number of benzene rings is 2. The molecular formula is C14H12Cl2O2S. The van der Waals surface area contributed by atoms with Crippen LogP contribution in [0.5, 0.6) is 0 Å². The zero-order chi connectivity index (χ0) is 14.2. The molecule has 0 aliphatic carbocycles. The summed E-state index contributed by atoms with van der Waals surface area (Å²) in [6.07, 6.45) is 0. The maximum atomic E-state index is 12.5. The van der Waals surface area contributed by atoms with Crippen molar-refractivity contribution in [2.45, 2.75) is 23.6 Å². The van der Waals surface area contributed by atoms with Gasteiger partial charge in [-0.25, -0.2) is 8.42 Å². The third-order valence-corrected chi connectivity index (χ3v) is 5.48. The number of rotatable bonds is 2. The maximum absolute atomic E-state index is 12.5. The SMILES string of the molecule is Cc1cc(S(=O)(=O)c2ccc(Cl)c(C)c2)ccc1Cl.